The van der Waals surface area contributed by atoms with Gasteiger partial charge in [-0.05, 0) is 25.5 Å². The fourth-order valence-electron chi connectivity index (χ4n) is 2.20. The lowest BCUT2D eigenvalue weighted by Gasteiger charge is -2.41. The standard InChI is InChI=1S/C13H17F3N2O/c1-3-12(2)9-18(7-8-19-12)11-10(13(14,15)16)5-4-6-17-11/h4-6H,3,7-9H2,1-2H3. The minimum atomic E-state index is -4.38. The van der Waals surface area contributed by atoms with Crippen LogP contribution in [-0.2, 0) is 10.9 Å². The van der Waals surface area contributed by atoms with E-state index in [-0.39, 0.29) is 5.82 Å². The Morgan fingerprint density at radius 1 is 1.47 bits per heavy atom. The maximum atomic E-state index is 13.0. The minimum absolute atomic E-state index is 0.00187. The van der Waals surface area contributed by atoms with Crippen molar-refractivity contribution in [2.45, 2.75) is 32.0 Å². The average Bonchev–Trinajstić information content (AvgIpc) is 2.38. The molecule has 6 heteroatoms. The molecular formula is C13H17F3N2O. The lowest BCUT2D eigenvalue weighted by atomic mass is 10.0. The highest BCUT2D eigenvalue weighted by Gasteiger charge is 2.38. The van der Waals surface area contributed by atoms with Crippen LogP contribution in [0.5, 0.6) is 0 Å². The lowest BCUT2D eigenvalue weighted by Crippen LogP contribution is -2.50. The van der Waals surface area contributed by atoms with Crippen LogP contribution in [-0.4, -0.2) is 30.3 Å². The molecular weight excluding hydrogens is 257 g/mol. The Morgan fingerprint density at radius 3 is 2.84 bits per heavy atom. The zero-order chi connectivity index (χ0) is 14.1. The van der Waals surface area contributed by atoms with Gasteiger partial charge in [-0.25, -0.2) is 4.98 Å². The summed E-state index contributed by atoms with van der Waals surface area (Å²) in [7, 11) is 0. The molecule has 1 fully saturated rings. The van der Waals surface area contributed by atoms with Gasteiger partial charge in [0.1, 0.15) is 5.82 Å². The van der Waals surface area contributed by atoms with E-state index < -0.39 is 17.3 Å². The highest BCUT2D eigenvalue weighted by Crippen LogP contribution is 2.36. The molecule has 106 valence electrons. The van der Waals surface area contributed by atoms with E-state index in [1.807, 2.05) is 13.8 Å². The number of hydrogen-bond donors (Lipinski definition) is 0. The van der Waals surface area contributed by atoms with Crippen LogP contribution in [0.4, 0.5) is 19.0 Å². The van der Waals surface area contributed by atoms with E-state index >= 15 is 0 Å². The van der Waals surface area contributed by atoms with E-state index in [1.54, 1.807) is 4.90 Å². The number of aromatic nitrogens is 1. The van der Waals surface area contributed by atoms with E-state index in [0.29, 0.717) is 19.7 Å². The first-order valence-electron chi connectivity index (χ1n) is 6.27. The molecule has 0 amide bonds. The maximum absolute atomic E-state index is 13.0. The second kappa shape index (κ2) is 5.00. The normalized spacial score (nSPS) is 24.6. The van der Waals surface area contributed by atoms with Gasteiger partial charge in [-0.3, -0.25) is 0 Å². The van der Waals surface area contributed by atoms with Crippen molar-refractivity contribution in [2.75, 3.05) is 24.6 Å². The number of pyridine rings is 1. The summed E-state index contributed by atoms with van der Waals surface area (Å²) in [5, 5.41) is 0. The molecule has 1 aliphatic rings. The summed E-state index contributed by atoms with van der Waals surface area (Å²) in [6.07, 6.45) is -2.24. The Kier molecular flexibility index (Phi) is 3.71. The van der Waals surface area contributed by atoms with Crippen molar-refractivity contribution < 1.29 is 17.9 Å². The van der Waals surface area contributed by atoms with Crippen LogP contribution in [0.1, 0.15) is 25.8 Å². The Bertz CT molecular complexity index is 450. The smallest absolute Gasteiger partial charge is 0.372 e. The number of anilines is 1. The molecule has 3 nitrogen and oxygen atoms in total. The Balaban J connectivity index is 2.32. The molecule has 2 rings (SSSR count). The number of rotatable bonds is 2. The molecule has 1 aromatic rings. The van der Waals surface area contributed by atoms with E-state index in [2.05, 4.69) is 4.98 Å². The van der Waals surface area contributed by atoms with Crippen molar-refractivity contribution in [3.05, 3.63) is 23.9 Å². The molecule has 0 spiro atoms. The first-order valence-corrected chi connectivity index (χ1v) is 6.27. The van der Waals surface area contributed by atoms with Crippen molar-refractivity contribution in [1.29, 1.82) is 0 Å². The van der Waals surface area contributed by atoms with Gasteiger partial charge >= 0.3 is 6.18 Å². The van der Waals surface area contributed by atoms with E-state index in [4.69, 9.17) is 4.74 Å². The number of morpholine rings is 1. The molecule has 0 bridgehead atoms. The number of hydrogen-bond acceptors (Lipinski definition) is 3. The largest absolute Gasteiger partial charge is 0.419 e. The third-order valence-corrected chi connectivity index (χ3v) is 3.48. The molecule has 1 unspecified atom stereocenters. The number of halogens is 3. The van der Waals surface area contributed by atoms with Gasteiger partial charge in [-0.15, -0.1) is 0 Å². The Morgan fingerprint density at radius 2 is 2.21 bits per heavy atom. The molecule has 0 radical (unpaired) electrons. The van der Waals surface area contributed by atoms with Crippen LogP contribution in [0.2, 0.25) is 0 Å². The Labute approximate surface area is 110 Å². The van der Waals surface area contributed by atoms with Gasteiger partial charge in [-0.2, -0.15) is 13.2 Å². The third kappa shape index (κ3) is 3.00. The third-order valence-electron chi connectivity index (χ3n) is 3.48. The lowest BCUT2D eigenvalue weighted by molar-refractivity contribution is -0.137. The van der Waals surface area contributed by atoms with E-state index in [9.17, 15) is 13.2 Å². The van der Waals surface area contributed by atoms with Gasteiger partial charge in [0.25, 0.3) is 0 Å². The van der Waals surface area contributed by atoms with Crippen molar-refractivity contribution in [3.8, 4) is 0 Å². The average molecular weight is 274 g/mol. The van der Waals surface area contributed by atoms with Crippen LogP contribution >= 0.6 is 0 Å². The van der Waals surface area contributed by atoms with Gasteiger partial charge in [0.15, 0.2) is 0 Å². The van der Waals surface area contributed by atoms with Crippen LogP contribution < -0.4 is 4.90 Å². The molecule has 2 heterocycles. The minimum Gasteiger partial charge on any atom is -0.372 e. The zero-order valence-corrected chi connectivity index (χ0v) is 11.0. The van der Waals surface area contributed by atoms with Crippen molar-refractivity contribution in [2.24, 2.45) is 0 Å². The second-order valence-electron chi connectivity index (χ2n) is 4.95. The van der Waals surface area contributed by atoms with E-state index in [0.717, 1.165) is 12.5 Å². The molecule has 1 aliphatic heterocycles. The van der Waals surface area contributed by atoms with Gasteiger partial charge in [-0.1, -0.05) is 6.92 Å². The van der Waals surface area contributed by atoms with Crippen molar-refractivity contribution >= 4 is 5.82 Å². The molecule has 0 saturated carbocycles. The SMILES string of the molecule is CCC1(C)CN(c2ncccc2C(F)(F)F)CCO1. The monoisotopic (exact) mass is 274 g/mol. The predicted molar refractivity (Wildman–Crippen MR) is 66.1 cm³/mol. The molecule has 0 aromatic carbocycles. The fraction of sp³-hybridized carbons (Fsp3) is 0.615. The summed E-state index contributed by atoms with van der Waals surface area (Å²) in [5.74, 6) is -0.00187. The topological polar surface area (TPSA) is 25.4 Å². The molecule has 19 heavy (non-hydrogen) atoms. The maximum Gasteiger partial charge on any atom is 0.419 e. The molecule has 1 aromatic heterocycles. The number of ether oxygens (including phenoxy) is 1. The van der Waals surface area contributed by atoms with Gasteiger partial charge in [0.2, 0.25) is 0 Å². The van der Waals surface area contributed by atoms with E-state index in [1.165, 1.54) is 12.3 Å². The summed E-state index contributed by atoms with van der Waals surface area (Å²) in [6, 6.07) is 2.38. The Hall–Kier alpha value is -1.30. The highest BCUT2D eigenvalue weighted by atomic mass is 19.4. The number of nitrogens with zero attached hydrogens (tertiary/aromatic N) is 2. The van der Waals surface area contributed by atoms with Crippen LogP contribution in [0.15, 0.2) is 18.3 Å². The first-order chi connectivity index (χ1) is 8.86. The predicted octanol–water partition coefficient (Wildman–Crippen LogP) is 3.11. The van der Waals surface area contributed by atoms with Crippen LogP contribution in [0, 0.1) is 0 Å². The van der Waals surface area contributed by atoms with Crippen molar-refractivity contribution in [3.63, 3.8) is 0 Å². The van der Waals surface area contributed by atoms with Crippen LogP contribution in [0.3, 0.4) is 0 Å². The summed E-state index contributed by atoms with van der Waals surface area (Å²) in [4.78, 5) is 5.58. The second-order valence-corrected chi connectivity index (χ2v) is 4.95. The quantitative estimate of drug-likeness (QED) is 0.828. The molecule has 0 aliphatic carbocycles. The summed E-state index contributed by atoms with van der Waals surface area (Å²) < 4.78 is 44.6. The summed E-state index contributed by atoms with van der Waals surface area (Å²) in [6.45, 7) is 5.14. The molecule has 1 atom stereocenters. The summed E-state index contributed by atoms with van der Waals surface area (Å²) >= 11 is 0. The van der Waals surface area contributed by atoms with Crippen molar-refractivity contribution in [1.82, 2.24) is 4.98 Å². The highest BCUT2D eigenvalue weighted by molar-refractivity contribution is 5.49. The van der Waals surface area contributed by atoms with Gasteiger partial charge in [0, 0.05) is 19.3 Å². The molecule has 0 N–H and O–H groups in total. The summed E-state index contributed by atoms with van der Waals surface area (Å²) in [5.41, 5.74) is -1.10. The number of alkyl halides is 3. The van der Waals surface area contributed by atoms with Gasteiger partial charge < -0.3 is 9.64 Å². The van der Waals surface area contributed by atoms with Crippen LogP contribution in [0.25, 0.3) is 0 Å². The zero-order valence-electron chi connectivity index (χ0n) is 11.0. The molecule has 1 saturated heterocycles. The fourth-order valence-corrected chi connectivity index (χ4v) is 2.20. The van der Waals surface area contributed by atoms with Gasteiger partial charge in [0.05, 0.1) is 17.8 Å². The first kappa shape index (κ1) is 14.1.